The fourth-order valence-corrected chi connectivity index (χ4v) is 4.17. The van der Waals surface area contributed by atoms with E-state index in [1.54, 1.807) is 18.2 Å². The summed E-state index contributed by atoms with van der Waals surface area (Å²) >= 11 is 0. The van der Waals surface area contributed by atoms with Crippen LogP contribution in [-0.4, -0.2) is 44.4 Å². The number of nitrogens with zero attached hydrogens (tertiary/aromatic N) is 1. The van der Waals surface area contributed by atoms with Gasteiger partial charge in [-0.2, -0.15) is 4.31 Å². The summed E-state index contributed by atoms with van der Waals surface area (Å²) in [7, 11) is -2.30. The van der Waals surface area contributed by atoms with Crippen LogP contribution >= 0.6 is 0 Å². The smallest absolute Gasteiger partial charge is 0.247 e. The Morgan fingerprint density at radius 3 is 2.55 bits per heavy atom. The molecule has 0 bridgehead atoms. The maximum Gasteiger partial charge on any atom is 0.247 e. The van der Waals surface area contributed by atoms with Crippen LogP contribution in [0.15, 0.2) is 29.2 Å². The molecule has 120 valence electrons. The summed E-state index contributed by atoms with van der Waals surface area (Å²) < 4.78 is 32.3. The largest absolute Gasteiger partial charge is 0.495 e. The van der Waals surface area contributed by atoms with Gasteiger partial charge in [0.15, 0.2) is 0 Å². The normalized spacial score (nSPS) is 18.3. The van der Waals surface area contributed by atoms with E-state index < -0.39 is 10.0 Å². The molecule has 6 nitrogen and oxygen atoms in total. The molecule has 2 aliphatic carbocycles. The Labute approximate surface area is 130 Å². The first-order valence-electron chi connectivity index (χ1n) is 7.46. The van der Waals surface area contributed by atoms with Crippen LogP contribution in [0.25, 0.3) is 0 Å². The Morgan fingerprint density at radius 1 is 1.27 bits per heavy atom. The van der Waals surface area contributed by atoms with E-state index in [-0.39, 0.29) is 29.4 Å². The van der Waals surface area contributed by atoms with Crippen molar-refractivity contribution in [1.82, 2.24) is 9.62 Å². The summed E-state index contributed by atoms with van der Waals surface area (Å²) in [6, 6.07) is 6.65. The van der Waals surface area contributed by atoms with Crippen molar-refractivity contribution in [2.75, 3.05) is 13.7 Å². The van der Waals surface area contributed by atoms with Crippen LogP contribution in [0.5, 0.6) is 5.75 Å². The SMILES string of the molecule is COc1ccccc1S(=O)(=O)N(CC(=O)NC1CC1)C1CC1. The van der Waals surface area contributed by atoms with Crippen LogP contribution in [-0.2, 0) is 14.8 Å². The molecular formula is C15H20N2O4S. The lowest BCUT2D eigenvalue weighted by Gasteiger charge is -2.22. The van der Waals surface area contributed by atoms with Gasteiger partial charge in [-0.1, -0.05) is 12.1 Å². The summed E-state index contributed by atoms with van der Waals surface area (Å²) in [5.74, 6) is 0.0728. The number of rotatable bonds is 7. The molecule has 1 amide bonds. The van der Waals surface area contributed by atoms with Crippen molar-refractivity contribution in [3.8, 4) is 5.75 Å². The molecule has 7 heteroatoms. The number of ether oxygens (including phenoxy) is 1. The molecule has 0 aliphatic heterocycles. The highest BCUT2D eigenvalue weighted by molar-refractivity contribution is 7.89. The molecule has 2 aliphatic rings. The number of carbonyl (C=O) groups excluding carboxylic acids is 1. The Kier molecular flexibility index (Phi) is 4.10. The van der Waals surface area contributed by atoms with Crippen LogP contribution < -0.4 is 10.1 Å². The fourth-order valence-electron chi connectivity index (χ4n) is 2.37. The third kappa shape index (κ3) is 3.25. The third-order valence-corrected chi connectivity index (χ3v) is 5.79. The van der Waals surface area contributed by atoms with Crippen molar-refractivity contribution < 1.29 is 17.9 Å². The third-order valence-electron chi connectivity index (χ3n) is 3.85. The zero-order chi connectivity index (χ0) is 15.7. The Morgan fingerprint density at radius 2 is 1.95 bits per heavy atom. The number of hydrogen-bond acceptors (Lipinski definition) is 4. The van der Waals surface area contributed by atoms with E-state index in [0.29, 0.717) is 5.75 Å². The first kappa shape index (κ1) is 15.3. The van der Waals surface area contributed by atoms with Gasteiger partial charge in [0.1, 0.15) is 10.6 Å². The van der Waals surface area contributed by atoms with Crippen molar-refractivity contribution in [3.05, 3.63) is 24.3 Å². The molecule has 0 heterocycles. The topological polar surface area (TPSA) is 75.7 Å². The monoisotopic (exact) mass is 324 g/mol. The van der Waals surface area contributed by atoms with Gasteiger partial charge in [-0.15, -0.1) is 0 Å². The van der Waals surface area contributed by atoms with Crippen molar-refractivity contribution in [1.29, 1.82) is 0 Å². The van der Waals surface area contributed by atoms with Gasteiger partial charge in [-0.25, -0.2) is 8.42 Å². The minimum absolute atomic E-state index is 0.0835. The van der Waals surface area contributed by atoms with Gasteiger partial charge in [0.25, 0.3) is 0 Å². The van der Waals surface area contributed by atoms with Crippen LogP contribution in [0.4, 0.5) is 0 Å². The van der Waals surface area contributed by atoms with Gasteiger partial charge in [-0.05, 0) is 37.8 Å². The molecule has 0 saturated heterocycles. The van der Waals surface area contributed by atoms with E-state index in [2.05, 4.69) is 5.32 Å². The second-order valence-electron chi connectivity index (χ2n) is 5.77. The van der Waals surface area contributed by atoms with E-state index in [1.165, 1.54) is 17.5 Å². The van der Waals surface area contributed by atoms with Crippen LogP contribution in [0.1, 0.15) is 25.7 Å². The van der Waals surface area contributed by atoms with Gasteiger partial charge in [0.05, 0.1) is 13.7 Å². The summed E-state index contributed by atoms with van der Waals surface area (Å²) in [6.45, 7) is -0.123. The summed E-state index contributed by atoms with van der Waals surface area (Å²) in [5, 5.41) is 2.84. The minimum Gasteiger partial charge on any atom is -0.495 e. The van der Waals surface area contributed by atoms with Crippen LogP contribution in [0.2, 0.25) is 0 Å². The van der Waals surface area contributed by atoms with Gasteiger partial charge in [0, 0.05) is 12.1 Å². The number of para-hydroxylation sites is 1. The predicted molar refractivity (Wildman–Crippen MR) is 81.1 cm³/mol. The van der Waals surface area contributed by atoms with Gasteiger partial charge < -0.3 is 10.1 Å². The second-order valence-corrected chi connectivity index (χ2v) is 7.63. The highest BCUT2D eigenvalue weighted by Gasteiger charge is 2.40. The lowest BCUT2D eigenvalue weighted by molar-refractivity contribution is -0.121. The quantitative estimate of drug-likeness (QED) is 0.816. The highest BCUT2D eigenvalue weighted by Crippen LogP contribution is 2.34. The summed E-state index contributed by atoms with van der Waals surface area (Å²) in [5.41, 5.74) is 0. The van der Waals surface area contributed by atoms with Crippen LogP contribution in [0.3, 0.4) is 0 Å². The minimum atomic E-state index is -3.74. The molecule has 1 aromatic rings. The number of amides is 1. The Hall–Kier alpha value is -1.60. The zero-order valence-electron chi connectivity index (χ0n) is 12.5. The summed E-state index contributed by atoms with van der Waals surface area (Å²) in [6.07, 6.45) is 3.55. The molecule has 1 N–H and O–H groups in total. The molecule has 22 heavy (non-hydrogen) atoms. The number of carbonyl (C=O) groups is 1. The van der Waals surface area contributed by atoms with Crippen molar-refractivity contribution in [3.63, 3.8) is 0 Å². The Balaban J connectivity index is 1.84. The standard InChI is InChI=1S/C15H20N2O4S/c1-21-13-4-2-3-5-14(13)22(19,20)17(12-8-9-12)10-15(18)16-11-6-7-11/h2-5,11-12H,6-10H2,1H3,(H,16,18). The highest BCUT2D eigenvalue weighted by atomic mass is 32.2. The number of benzene rings is 1. The second kappa shape index (κ2) is 5.89. The van der Waals surface area contributed by atoms with Gasteiger partial charge in [-0.3, -0.25) is 4.79 Å². The number of sulfonamides is 1. The maximum absolute atomic E-state index is 12.9. The van der Waals surface area contributed by atoms with E-state index in [9.17, 15) is 13.2 Å². The first-order valence-corrected chi connectivity index (χ1v) is 8.90. The van der Waals surface area contributed by atoms with Crippen molar-refractivity contribution in [2.45, 2.75) is 42.7 Å². The maximum atomic E-state index is 12.9. The summed E-state index contributed by atoms with van der Waals surface area (Å²) in [4.78, 5) is 12.1. The molecule has 0 radical (unpaired) electrons. The first-order chi connectivity index (χ1) is 10.5. The van der Waals surface area contributed by atoms with Gasteiger partial charge in [0.2, 0.25) is 15.9 Å². The molecule has 2 saturated carbocycles. The van der Waals surface area contributed by atoms with E-state index in [0.717, 1.165) is 25.7 Å². The zero-order valence-corrected chi connectivity index (χ0v) is 13.3. The van der Waals surface area contributed by atoms with Crippen molar-refractivity contribution >= 4 is 15.9 Å². The molecule has 3 rings (SSSR count). The lowest BCUT2D eigenvalue weighted by atomic mass is 10.3. The molecule has 0 spiro atoms. The Bertz CT molecular complexity index is 666. The van der Waals surface area contributed by atoms with E-state index >= 15 is 0 Å². The predicted octanol–water partition coefficient (Wildman–Crippen LogP) is 1.13. The average Bonchev–Trinajstić information content (AvgIpc) is 3.38. The fraction of sp³-hybridized carbons (Fsp3) is 0.533. The number of methoxy groups -OCH3 is 1. The van der Waals surface area contributed by atoms with Crippen LogP contribution in [0, 0.1) is 0 Å². The molecule has 2 fully saturated rings. The molecule has 0 unspecified atom stereocenters. The molecule has 1 aromatic carbocycles. The molecule has 0 aromatic heterocycles. The van der Waals surface area contributed by atoms with E-state index in [1.807, 2.05) is 0 Å². The molecule has 0 atom stereocenters. The lowest BCUT2D eigenvalue weighted by Crippen LogP contribution is -2.42. The number of nitrogens with one attached hydrogen (secondary N) is 1. The van der Waals surface area contributed by atoms with E-state index in [4.69, 9.17) is 4.74 Å². The molecular weight excluding hydrogens is 304 g/mol. The average molecular weight is 324 g/mol. The van der Waals surface area contributed by atoms with Gasteiger partial charge >= 0.3 is 0 Å². The number of hydrogen-bond donors (Lipinski definition) is 1. The van der Waals surface area contributed by atoms with Crippen molar-refractivity contribution in [2.24, 2.45) is 0 Å².